The summed E-state index contributed by atoms with van der Waals surface area (Å²) < 4.78 is 1.91. The highest BCUT2D eigenvalue weighted by Gasteiger charge is 2.04. The first-order chi connectivity index (χ1) is 9.70. The lowest BCUT2D eigenvalue weighted by molar-refractivity contribution is 0.604. The highest BCUT2D eigenvalue weighted by atomic mass is 15.3. The van der Waals surface area contributed by atoms with Gasteiger partial charge in [0.1, 0.15) is 0 Å². The van der Waals surface area contributed by atoms with E-state index in [1.54, 1.807) is 0 Å². The highest BCUT2D eigenvalue weighted by molar-refractivity contribution is 5.52. The van der Waals surface area contributed by atoms with Crippen molar-refractivity contribution < 1.29 is 0 Å². The van der Waals surface area contributed by atoms with Gasteiger partial charge in [0.15, 0.2) is 0 Å². The molecule has 1 heterocycles. The molecule has 1 aromatic carbocycles. The SMILES string of the molecule is CCCNC(C)/C(C)=C/c1cnn(-c2ccccc2)c1. The van der Waals surface area contributed by atoms with E-state index in [0.717, 1.165) is 24.2 Å². The smallest absolute Gasteiger partial charge is 0.0645 e. The standard InChI is InChI=1S/C17H23N3/c1-4-10-18-15(3)14(2)11-16-12-19-20(13-16)17-8-6-5-7-9-17/h5-9,11-13,15,18H,4,10H2,1-3H3/b14-11+. The number of rotatable bonds is 6. The van der Waals surface area contributed by atoms with Crippen LogP contribution >= 0.6 is 0 Å². The molecule has 20 heavy (non-hydrogen) atoms. The lowest BCUT2D eigenvalue weighted by Gasteiger charge is -2.13. The quantitative estimate of drug-likeness (QED) is 0.867. The zero-order valence-electron chi connectivity index (χ0n) is 12.5. The van der Waals surface area contributed by atoms with E-state index in [2.05, 4.69) is 55.6 Å². The molecule has 0 amide bonds. The maximum Gasteiger partial charge on any atom is 0.0645 e. The van der Waals surface area contributed by atoms with Crippen LogP contribution in [0, 0.1) is 0 Å². The molecule has 0 fully saturated rings. The molecule has 3 heteroatoms. The van der Waals surface area contributed by atoms with Crippen LogP contribution in [0.4, 0.5) is 0 Å². The summed E-state index contributed by atoms with van der Waals surface area (Å²) >= 11 is 0. The predicted molar refractivity (Wildman–Crippen MR) is 85.0 cm³/mol. The number of para-hydroxylation sites is 1. The Morgan fingerprint density at radius 1 is 1.35 bits per heavy atom. The van der Waals surface area contributed by atoms with Crippen molar-refractivity contribution in [2.24, 2.45) is 0 Å². The van der Waals surface area contributed by atoms with Gasteiger partial charge in [0.25, 0.3) is 0 Å². The third-order valence-electron chi connectivity index (χ3n) is 3.40. The zero-order chi connectivity index (χ0) is 14.4. The topological polar surface area (TPSA) is 29.9 Å². The minimum atomic E-state index is 0.398. The fourth-order valence-corrected chi connectivity index (χ4v) is 2.04. The van der Waals surface area contributed by atoms with E-state index in [9.17, 15) is 0 Å². The molecule has 0 saturated carbocycles. The van der Waals surface area contributed by atoms with Crippen molar-refractivity contribution in [3.8, 4) is 5.69 Å². The lowest BCUT2D eigenvalue weighted by Crippen LogP contribution is -2.27. The predicted octanol–water partition coefficient (Wildman–Crippen LogP) is 3.66. The summed E-state index contributed by atoms with van der Waals surface area (Å²) in [5.41, 5.74) is 3.55. The maximum absolute atomic E-state index is 4.41. The lowest BCUT2D eigenvalue weighted by atomic mass is 10.1. The van der Waals surface area contributed by atoms with Crippen molar-refractivity contribution in [3.05, 3.63) is 53.9 Å². The molecule has 1 aromatic heterocycles. The summed E-state index contributed by atoms with van der Waals surface area (Å²) in [6, 6.07) is 10.6. The van der Waals surface area contributed by atoms with Gasteiger partial charge in [-0.2, -0.15) is 5.10 Å². The monoisotopic (exact) mass is 269 g/mol. The molecule has 3 nitrogen and oxygen atoms in total. The van der Waals surface area contributed by atoms with Gasteiger partial charge in [-0.25, -0.2) is 4.68 Å². The minimum absolute atomic E-state index is 0.398. The van der Waals surface area contributed by atoms with Gasteiger partial charge in [0.05, 0.1) is 11.9 Å². The zero-order valence-corrected chi connectivity index (χ0v) is 12.5. The maximum atomic E-state index is 4.41. The Morgan fingerprint density at radius 3 is 2.80 bits per heavy atom. The molecule has 0 radical (unpaired) electrons. The Hall–Kier alpha value is -1.87. The van der Waals surface area contributed by atoms with Gasteiger partial charge < -0.3 is 5.32 Å². The van der Waals surface area contributed by atoms with Crippen molar-refractivity contribution in [1.29, 1.82) is 0 Å². The third-order valence-corrected chi connectivity index (χ3v) is 3.40. The van der Waals surface area contributed by atoms with Crippen LogP contribution in [0.25, 0.3) is 11.8 Å². The third kappa shape index (κ3) is 3.81. The Labute approximate surface area is 121 Å². The molecule has 2 aromatic rings. The molecule has 2 rings (SSSR count). The molecule has 1 unspecified atom stereocenters. The average molecular weight is 269 g/mol. The van der Waals surface area contributed by atoms with E-state index in [4.69, 9.17) is 0 Å². The molecule has 0 spiro atoms. The number of benzene rings is 1. The summed E-state index contributed by atoms with van der Waals surface area (Å²) in [6.07, 6.45) is 7.32. The van der Waals surface area contributed by atoms with E-state index in [-0.39, 0.29) is 0 Å². The van der Waals surface area contributed by atoms with Gasteiger partial charge in [-0.05, 0) is 38.9 Å². The van der Waals surface area contributed by atoms with Crippen molar-refractivity contribution in [1.82, 2.24) is 15.1 Å². The van der Waals surface area contributed by atoms with E-state index in [1.807, 2.05) is 29.1 Å². The molecular weight excluding hydrogens is 246 g/mol. The Morgan fingerprint density at radius 2 is 2.10 bits per heavy atom. The molecule has 0 aliphatic carbocycles. The normalized spacial score (nSPS) is 13.4. The Kier molecular flexibility index (Phi) is 5.13. The van der Waals surface area contributed by atoms with Crippen molar-refractivity contribution >= 4 is 6.08 Å². The van der Waals surface area contributed by atoms with Gasteiger partial charge in [0, 0.05) is 17.8 Å². The summed E-state index contributed by atoms with van der Waals surface area (Å²) in [5.74, 6) is 0. The Bertz CT molecular complexity index is 555. The molecule has 0 aliphatic rings. The molecule has 0 bridgehead atoms. The first kappa shape index (κ1) is 14.5. The summed E-state index contributed by atoms with van der Waals surface area (Å²) in [4.78, 5) is 0. The molecule has 0 aliphatic heterocycles. The summed E-state index contributed by atoms with van der Waals surface area (Å²) in [6.45, 7) is 7.59. The molecular formula is C17H23N3. The van der Waals surface area contributed by atoms with Crippen LogP contribution < -0.4 is 5.32 Å². The molecule has 1 atom stereocenters. The van der Waals surface area contributed by atoms with Crippen molar-refractivity contribution in [2.45, 2.75) is 33.2 Å². The van der Waals surface area contributed by atoms with Gasteiger partial charge in [-0.1, -0.05) is 36.8 Å². The second kappa shape index (κ2) is 7.06. The first-order valence-electron chi connectivity index (χ1n) is 7.22. The van der Waals surface area contributed by atoms with Crippen molar-refractivity contribution in [3.63, 3.8) is 0 Å². The largest absolute Gasteiger partial charge is 0.311 e. The van der Waals surface area contributed by atoms with Crippen LogP contribution in [0.15, 0.2) is 48.3 Å². The number of aromatic nitrogens is 2. The molecule has 106 valence electrons. The fraction of sp³-hybridized carbons (Fsp3) is 0.353. The second-order valence-electron chi connectivity index (χ2n) is 5.12. The molecule has 0 saturated heterocycles. The fourth-order valence-electron chi connectivity index (χ4n) is 2.04. The van der Waals surface area contributed by atoms with Crippen LogP contribution in [0.2, 0.25) is 0 Å². The van der Waals surface area contributed by atoms with Gasteiger partial charge in [-0.15, -0.1) is 0 Å². The van der Waals surface area contributed by atoms with E-state index in [1.165, 1.54) is 5.57 Å². The van der Waals surface area contributed by atoms with Crippen LogP contribution in [0.3, 0.4) is 0 Å². The van der Waals surface area contributed by atoms with E-state index in [0.29, 0.717) is 6.04 Å². The van der Waals surface area contributed by atoms with Gasteiger partial charge >= 0.3 is 0 Å². The average Bonchev–Trinajstić information content (AvgIpc) is 2.94. The number of hydrogen-bond acceptors (Lipinski definition) is 2. The first-order valence-corrected chi connectivity index (χ1v) is 7.22. The number of nitrogens with one attached hydrogen (secondary N) is 1. The Balaban J connectivity index is 2.09. The van der Waals surface area contributed by atoms with E-state index >= 15 is 0 Å². The van der Waals surface area contributed by atoms with Crippen LogP contribution in [-0.4, -0.2) is 22.4 Å². The number of nitrogens with zero attached hydrogens (tertiary/aromatic N) is 2. The summed E-state index contributed by atoms with van der Waals surface area (Å²) in [5, 5.41) is 7.91. The number of hydrogen-bond donors (Lipinski definition) is 1. The van der Waals surface area contributed by atoms with Crippen molar-refractivity contribution in [2.75, 3.05) is 6.54 Å². The van der Waals surface area contributed by atoms with Gasteiger partial charge in [0.2, 0.25) is 0 Å². The van der Waals surface area contributed by atoms with E-state index < -0.39 is 0 Å². The van der Waals surface area contributed by atoms with Crippen LogP contribution in [0.1, 0.15) is 32.8 Å². The van der Waals surface area contributed by atoms with Gasteiger partial charge in [-0.3, -0.25) is 0 Å². The minimum Gasteiger partial charge on any atom is -0.311 e. The molecule has 1 N–H and O–H groups in total. The van der Waals surface area contributed by atoms with Crippen LogP contribution in [0.5, 0.6) is 0 Å². The second-order valence-corrected chi connectivity index (χ2v) is 5.12. The highest BCUT2D eigenvalue weighted by Crippen LogP contribution is 2.12. The summed E-state index contributed by atoms with van der Waals surface area (Å²) in [7, 11) is 0. The van der Waals surface area contributed by atoms with Crippen LogP contribution in [-0.2, 0) is 0 Å².